The van der Waals surface area contributed by atoms with Gasteiger partial charge in [0, 0.05) is 18.5 Å². The number of likely N-dealkylation sites (tertiary alicyclic amines) is 1. The molecule has 1 N–H and O–H groups in total. The number of nitrogens with one attached hydrogen (secondary N) is 1. The number of amides is 2. The predicted octanol–water partition coefficient (Wildman–Crippen LogP) is 2.16. The van der Waals surface area contributed by atoms with Crippen molar-refractivity contribution in [1.29, 1.82) is 0 Å². The van der Waals surface area contributed by atoms with E-state index in [1.165, 1.54) is 0 Å². The fourth-order valence-electron chi connectivity index (χ4n) is 2.01. The number of alkyl carbamates (subject to hydrolysis) is 1. The van der Waals surface area contributed by atoms with Crippen LogP contribution in [-0.4, -0.2) is 41.6 Å². The Bertz CT molecular complexity index is 353. The molecule has 2 amide bonds. The highest BCUT2D eigenvalue weighted by Crippen LogP contribution is 2.21. The molecule has 0 bridgehead atoms. The molecular weight excluding hydrogens is 244 g/mol. The van der Waals surface area contributed by atoms with Crippen LogP contribution in [0.5, 0.6) is 0 Å². The lowest BCUT2D eigenvalue weighted by Gasteiger charge is -2.26. The van der Waals surface area contributed by atoms with E-state index in [9.17, 15) is 9.59 Å². The fourth-order valence-corrected chi connectivity index (χ4v) is 2.01. The van der Waals surface area contributed by atoms with Gasteiger partial charge in [-0.25, -0.2) is 4.79 Å². The molecule has 110 valence electrons. The molecule has 19 heavy (non-hydrogen) atoms. The highest BCUT2D eigenvalue weighted by atomic mass is 16.6. The summed E-state index contributed by atoms with van der Waals surface area (Å²) in [5, 5.41) is 2.82. The monoisotopic (exact) mass is 270 g/mol. The van der Waals surface area contributed by atoms with Crippen molar-refractivity contribution in [3.05, 3.63) is 0 Å². The number of nitrogens with zero attached hydrogens (tertiary/aromatic N) is 1. The van der Waals surface area contributed by atoms with Crippen LogP contribution < -0.4 is 5.32 Å². The van der Waals surface area contributed by atoms with Gasteiger partial charge in [-0.15, -0.1) is 0 Å². The summed E-state index contributed by atoms with van der Waals surface area (Å²) in [6, 6.07) is -0.0128. The zero-order chi connectivity index (χ0) is 14.8. The smallest absolute Gasteiger partial charge is 0.407 e. The van der Waals surface area contributed by atoms with Crippen molar-refractivity contribution < 1.29 is 14.3 Å². The van der Waals surface area contributed by atoms with Crippen LogP contribution in [-0.2, 0) is 9.53 Å². The highest BCUT2D eigenvalue weighted by molar-refractivity contribution is 5.82. The minimum absolute atomic E-state index is 0.0128. The van der Waals surface area contributed by atoms with Crippen LogP contribution in [0.2, 0.25) is 0 Å². The van der Waals surface area contributed by atoms with E-state index < -0.39 is 11.7 Å². The molecule has 1 aliphatic rings. The molecule has 1 saturated heterocycles. The molecule has 0 radical (unpaired) electrons. The SMILES string of the molecule is CC(C)(C)OC(=O)NC1CCN(C(=O)C(C)(C)C)C1. The second kappa shape index (κ2) is 5.39. The van der Waals surface area contributed by atoms with Crippen molar-refractivity contribution in [3.8, 4) is 0 Å². The van der Waals surface area contributed by atoms with Gasteiger partial charge >= 0.3 is 6.09 Å². The first kappa shape index (κ1) is 15.8. The second-order valence-corrected chi connectivity index (χ2v) is 7.13. The standard InChI is InChI=1S/C14H26N2O3/c1-13(2,3)11(17)16-8-7-10(9-16)15-12(18)19-14(4,5)6/h10H,7-9H2,1-6H3,(H,15,18). The molecule has 0 aromatic heterocycles. The van der Waals surface area contributed by atoms with Crippen LogP contribution in [0.4, 0.5) is 4.79 Å². The largest absolute Gasteiger partial charge is 0.444 e. The zero-order valence-corrected chi connectivity index (χ0v) is 12.9. The van der Waals surface area contributed by atoms with Crippen molar-refractivity contribution in [2.45, 2.75) is 59.6 Å². The van der Waals surface area contributed by atoms with Crippen molar-refractivity contribution in [2.24, 2.45) is 5.41 Å². The topological polar surface area (TPSA) is 58.6 Å². The maximum atomic E-state index is 12.1. The second-order valence-electron chi connectivity index (χ2n) is 7.13. The van der Waals surface area contributed by atoms with Crippen LogP contribution in [0.1, 0.15) is 48.0 Å². The van der Waals surface area contributed by atoms with E-state index >= 15 is 0 Å². The average Bonchev–Trinajstić information content (AvgIpc) is 2.60. The Hall–Kier alpha value is -1.26. The summed E-state index contributed by atoms with van der Waals surface area (Å²) in [6.45, 7) is 12.5. The molecule has 1 fully saturated rings. The highest BCUT2D eigenvalue weighted by Gasteiger charge is 2.33. The summed E-state index contributed by atoms with van der Waals surface area (Å²) in [7, 11) is 0. The van der Waals surface area contributed by atoms with Gasteiger partial charge in [-0.1, -0.05) is 20.8 Å². The molecule has 1 heterocycles. The van der Waals surface area contributed by atoms with Gasteiger partial charge in [-0.3, -0.25) is 4.79 Å². The van der Waals surface area contributed by atoms with E-state index in [1.807, 2.05) is 46.4 Å². The Labute approximate surface area is 115 Å². The van der Waals surface area contributed by atoms with Gasteiger partial charge in [-0.05, 0) is 27.2 Å². The summed E-state index contributed by atoms with van der Waals surface area (Å²) in [4.78, 5) is 25.6. The van der Waals surface area contributed by atoms with Crippen molar-refractivity contribution in [1.82, 2.24) is 10.2 Å². The van der Waals surface area contributed by atoms with Gasteiger partial charge < -0.3 is 15.0 Å². The number of carbonyl (C=O) groups excluding carboxylic acids is 2. The first-order valence-corrected chi connectivity index (χ1v) is 6.78. The van der Waals surface area contributed by atoms with Crippen molar-refractivity contribution in [2.75, 3.05) is 13.1 Å². The van der Waals surface area contributed by atoms with Gasteiger partial charge in [0.05, 0.1) is 6.04 Å². The molecule has 1 atom stereocenters. The van der Waals surface area contributed by atoms with Crippen LogP contribution >= 0.6 is 0 Å². The lowest BCUT2D eigenvalue weighted by atomic mass is 9.95. The fraction of sp³-hybridized carbons (Fsp3) is 0.857. The lowest BCUT2D eigenvalue weighted by molar-refractivity contribution is -0.138. The maximum Gasteiger partial charge on any atom is 0.407 e. The molecule has 0 aromatic rings. The first-order valence-electron chi connectivity index (χ1n) is 6.78. The van der Waals surface area contributed by atoms with Gasteiger partial charge in [0.25, 0.3) is 0 Å². The number of hydrogen-bond acceptors (Lipinski definition) is 3. The molecule has 5 heteroatoms. The third-order valence-electron chi connectivity index (χ3n) is 2.84. The van der Waals surface area contributed by atoms with E-state index in [2.05, 4.69) is 5.32 Å². The molecule has 1 aliphatic heterocycles. The van der Waals surface area contributed by atoms with Gasteiger partial charge in [-0.2, -0.15) is 0 Å². The number of carbonyl (C=O) groups is 2. The Morgan fingerprint density at radius 1 is 1.16 bits per heavy atom. The summed E-state index contributed by atoms with van der Waals surface area (Å²) in [6.07, 6.45) is 0.365. The van der Waals surface area contributed by atoms with Gasteiger partial charge in [0.1, 0.15) is 5.60 Å². The summed E-state index contributed by atoms with van der Waals surface area (Å²) < 4.78 is 5.21. The van der Waals surface area contributed by atoms with Crippen LogP contribution in [0.3, 0.4) is 0 Å². The molecule has 0 saturated carbocycles. The molecule has 1 unspecified atom stereocenters. The van der Waals surface area contributed by atoms with E-state index in [0.29, 0.717) is 13.1 Å². The Morgan fingerprint density at radius 3 is 2.21 bits per heavy atom. The molecule has 5 nitrogen and oxygen atoms in total. The summed E-state index contributed by atoms with van der Waals surface area (Å²) >= 11 is 0. The predicted molar refractivity (Wildman–Crippen MR) is 73.8 cm³/mol. The van der Waals surface area contributed by atoms with Crippen LogP contribution in [0.15, 0.2) is 0 Å². The summed E-state index contributed by atoms with van der Waals surface area (Å²) in [5.74, 6) is 0.126. The zero-order valence-electron chi connectivity index (χ0n) is 12.9. The third-order valence-corrected chi connectivity index (χ3v) is 2.84. The van der Waals surface area contributed by atoms with Crippen LogP contribution in [0.25, 0.3) is 0 Å². The Balaban J connectivity index is 2.45. The first-order chi connectivity index (χ1) is 8.49. The van der Waals surface area contributed by atoms with Crippen LogP contribution in [0, 0.1) is 5.41 Å². The minimum Gasteiger partial charge on any atom is -0.444 e. The van der Waals surface area contributed by atoms with E-state index in [0.717, 1.165) is 6.42 Å². The maximum absolute atomic E-state index is 12.1. The van der Waals surface area contributed by atoms with Crippen molar-refractivity contribution in [3.63, 3.8) is 0 Å². The van der Waals surface area contributed by atoms with E-state index in [4.69, 9.17) is 4.74 Å². The lowest BCUT2D eigenvalue weighted by Crippen LogP contribution is -2.43. The Morgan fingerprint density at radius 2 is 1.74 bits per heavy atom. The number of ether oxygens (including phenoxy) is 1. The molecule has 0 spiro atoms. The normalized spacial score (nSPS) is 20.3. The third kappa shape index (κ3) is 5.09. The molecule has 1 rings (SSSR count). The van der Waals surface area contributed by atoms with E-state index in [1.54, 1.807) is 0 Å². The van der Waals surface area contributed by atoms with Crippen molar-refractivity contribution >= 4 is 12.0 Å². The molecule has 0 aromatic carbocycles. The summed E-state index contributed by atoms with van der Waals surface area (Å²) in [5.41, 5.74) is -0.871. The van der Waals surface area contributed by atoms with Gasteiger partial charge in [0.2, 0.25) is 5.91 Å². The number of rotatable bonds is 1. The minimum atomic E-state index is -0.496. The molecule has 0 aliphatic carbocycles. The van der Waals surface area contributed by atoms with E-state index in [-0.39, 0.29) is 17.4 Å². The average molecular weight is 270 g/mol. The quantitative estimate of drug-likeness (QED) is 0.794. The molecular formula is C14H26N2O3. The number of hydrogen-bond donors (Lipinski definition) is 1. The Kier molecular flexibility index (Phi) is 4.48. The van der Waals surface area contributed by atoms with Gasteiger partial charge in [0.15, 0.2) is 0 Å².